The van der Waals surface area contributed by atoms with Crippen LogP contribution in [0.15, 0.2) is 16.7 Å². The van der Waals surface area contributed by atoms with Gasteiger partial charge in [0.1, 0.15) is 11.6 Å². The van der Waals surface area contributed by atoms with E-state index >= 15 is 0 Å². The molecule has 9 heteroatoms. The monoisotopic (exact) mass is 332 g/mol. The highest BCUT2D eigenvalue weighted by atomic mass is 16.5. The molecule has 0 bridgehead atoms. The maximum atomic E-state index is 12.3. The largest absolute Gasteiger partial charge is 0.361 e. The lowest BCUT2D eigenvalue weighted by atomic mass is 10.1. The van der Waals surface area contributed by atoms with Gasteiger partial charge >= 0.3 is 0 Å². The van der Waals surface area contributed by atoms with Crippen LogP contribution in [-0.4, -0.2) is 32.8 Å². The van der Waals surface area contributed by atoms with Crippen LogP contribution in [0.4, 0.5) is 5.82 Å². The summed E-state index contributed by atoms with van der Waals surface area (Å²) in [5.74, 6) is 0.565. The minimum Gasteiger partial charge on any atom is -0.361 e. The standard InChI is InChI=1S/C15H20N6O3/c1-4-10-7-13(22)18-15(16-10)21-12(5-8(2)19-21)17-14(23)11-6-9(3)24-20-11/h5-6,10,15-16H,4,7H2,1-3H3,(H,17,23)(H,18,22). The third-order valence-corrected chi connectivity index (χ3v) is 3.82. The molecule has 0 saturated carbocycles. The van der Waals surface area contributed by atoms with Crippen molar-refractivity contribution in [3.63, 3.8) is 0 Å². The normalized spacial score (nSPS) is 20.7. The Morgan fingerprint density at radius 2 is 2.25 bits per heavy atom. The molecule has 0 aliphatic carbocycles. The first-order valence-electron chi connectivity index (χ1n) is 7.82. The summed E-state index contributed by atoms with van der Waals surface area (Å²) in [4.78, 5) is 24.2. The summed E-state index contributed by atoms with van der Waals surface area (Å²) in [6, 6.07) is 3.35. The van der Waals surface area contributed by atoms with E-state index in [1.807, 2.05) is 13.8 Å². The molecule has 1 fully saturated rings. The van der Waals surface area contributed by atoms with Gasteiger partial charge in [-0.3, -0.25) is 14.9 Å². The predicted molar refractivity (Wildman–Crippen MR) is 85.2 cm³/mol. The van der Waals surface area contributed by atoms with E-state index in [9.17, 15) is 9.59 Å². The van der Waals surface area contributed by atoms with Crippen LogP contribution in [0, 0.1) is 13.8 Å². The number of hydrogen-bond acceptors (Lipinski definition) is 6. The molecular formula is C15H20N6O3. The van der Waals surface area contributed by atoms with Gasteiger partial charge in [-0.05, 0) is 20.3 Å². The lowest BCUT2D eigenvalue weighted by Crippen LogP contribution is -2.53. The second kappa shape index (κ2) is 6.44. The number of nitrogens with one attached hydrogen (secondary N) is 3. The third kappa shape index (κ3) is 3.30. The van der Waals surface area contributed by atoms with Crippen molar-refractivity contribution in [2.75, 3.05) is 5.32 Å². The Morgan fingerprint density at radius 1 is 1.46 bits per heavy atom. The van der Waals surface area contributed by atoms with Crippen molar-refractivity contribution in [3.05, 3.63) is 29.3 Å². The maximum Gasteiger partial charge on any atom is 0.278 e. The first-order valence-corrected chi connectivity index (χ1v) is 7.82. The second-order valence-electron chi connectivity index (χ2n) is 5.84. The lowest BCUT2D eigenvalue weighted by Gasteiger charge is -2.31. The minimum atomic E-state index is -0.515. The molecule has 24 heavy (non-hydrogen) atoms. The number of rotatable bonds is 4. The molecule has 1 aliphatic rings. The van der Waals surface area contributed by atoms with Crippen molar-refractivity contribution < 1.29 is 14.1 Å². The fourth-order valence-electron chi connectivity index (χ4n) is 2.61. The molecule has 0 radical (unpaired) electrons. The van der Waals surface area contributed by atoms with Crippen LogP contribution in [-0.2, 0) is 4.79 Å². The number of anilines is 1. The zero-order valence-corrected chi connectivity index (χ0v) is 13.8. The number of nitrogens with zero attached hydrogens (tertiary/aromatic N) is 3. The van der Waals surface area contributed by atoms with E-state index in [0.717, 1.165) is 12.1 Å². The van der Waals surface area contributed by atoms with Crippen LogP contribution in [0.2, 0.25) is 0 Å². The molecule has 2 aromatic heterocycles. The molecule has 2 amide bonds. The molecule has 9 nitrogen and oxygen atoms in total. The summed E-state index contributed by atoms with van der Waals surface area (Å²) in [6.07, 6.45) is 0.733. The van der Waals surface area contributed by atoms with Crippen LogP contribution >= 0.6 is 0 Å². The Bertz CT molecular complexity index is 765. The van der Waals surface area contributed by atoms with E-state index in [4.69, 9.17) is 4.52 Å². The van der Waals surface area contributed by atoms with Crippen LogP contribution in [0.1, 0.15) is 48.0 Å². The quantitative estimate of drug-likeness (QED) is 0.772. The molecule has 2 aromatic rings. The number of carbonyl (C=O) groups excluding carboxylic acids is 2. The SMILES string of the molecule is CCC1CC(=O)NC(n2nc(C)cc2NC(=O)c2cc(C)on2)N1. The van der Waals surface area contributed by atoms with Gasteiger partial charge in [0.05, 0.1) is 5.69 Å². The van der Waals surface area contributed by atoms with E-state index in [2.05, 4.69) is 26.2 Å². The molecule has 3 heterocycles. The molecule has 1 aliphatic heterocycles. The molecule has 2 unspecified atom stereocenters. The summed E-state index contributed by atoms with van der Waals surface area (Å²) in [5, 5.41) is 17.0. The van der Waals surface area contributed by atoms with Gasteiger partial charge in [0.15, 0.2) is 12.0 Å². The fraction of sp³-hybridized carbons (Fsp3) is 0.467. The average Bonchev–Trinajstić information content (AvgIpc) is 3.12. The number of hydrogen-bond donors (Lipinski definition) is 3. The first-order chi connectivity index (χ1) is 11.5. The maximum absolute atomic E-state index is 12.3. The lowest BCUT2D eigenvalue weighted by molar-refractivity contribution is -0.125. The Balaban J connectivity index is 1.82. The second-order valence-corrected chi connectivity index (χ2v) is 5.84. The van der Waals surface area contributed by atoms with Crippen molar-refractivity contribution >= 4 is 17.6 Å². The molecule has 1 saturated heterocycles. The van der Waals surface area contributed by atoms with E-state index in [1.54, 1.807) is 23.7 Å². The number of aryl methyl sites for hydroxylation is 2. The Kier molecular flexibility index (Phi) is 4.34. The molecule has 3 rings (SSSR count). The minimum absolute atomic E-state index is 0.0526. The van der Waals surface area contributed by atoms with Crippen molar-refractivity contribution in [1.82, 2.24) is 25.6 Å². The predicted octanol–water partition coefficient (Wildman–Crippen LogP) is 1.08. The van der Waals surface area contributed by atoms with E-state index in [1.165, 1.54) is 0 Å². The van der Waals surface area contributed by atoms with Crippen molar-refractivity contribution in [2.24, 2.45) is 0 Å². The van der Waals surface area contributed by atoms with E-state index in [0.29, 0.717) is 18.0 Å². The van der Waals surface area contributed by atoms with Gasteiger partial charge in [0, 0.05) is 24.6 Å². The Labute approximate surface area is 138 Å². The van der Waals surface area contributed by atoms with Gasteiger partial charge in [-0.25, -0.2) is 4.68 Å². The van der Waals surface area contributed by atoms with Gasteiger partial charge in [-0.2, -0.15) is 5.10 Å². The summed E-state index contributed by atoms with van der Waals surface area (Å²) in [7, 11) is 0. The van der Waals surface area contributed by atoms with E-state index < -0.39 is 12.2 Å². The third-order valence-electron chi connectivity index (χ3n) is 3.82. The zero-order chi connectivity index (χ0) is 17.3. The molecule has 3 N–H and O–H groups in total. The average molecular weight is 332 g/mol. The Morgan fingerprint density at radius 3 is 2.92 bits per heavy atom. The Hall–Kier alpha value is -2.68. The van der Waals surface area contributed by atoms with Crippen molar-refractivity contribution in [2.45, 2.75) is 45.9 Å². The highest BCUT2D eigenvalue weighted by molar-refractivity contribution is 6.02. The van der Waals surface area contributed by atoms with Gasteiger partial charge in [0.2, 0.25) is 5.91 Å². The molecular weight excluding hydrogens is 312 g/mol. The molecule has 0 spiro atoms. The number of amides is 2. The van der Waals surface area contributed by atoms with Crippen molar-refractivity contribution in [1.29, 1.82) is 0 Å². The highest BCUT2D eigenvalue weighted by Crippen LogP contribution is 2.18. The number of aromatic nitrogens is 3. The van der Waals surface area contributed by atoms with Gasteiger partial charge < -0.3 is 15.2 Å². The number of carbonyl (C=O) groups is 2. The fourth-order valence-corrected chi connectivity index (χ4v) is 2.61. The summed E-state index contributed by atoms with van der Waals surface area (Å²) >= 11 is 0. The van der Waals surface area contributed by atoms with Crippen LogP contribution in [0.25, 0.3) is 0 Å². The highest BCUT2D eigenvalue weighted by Gasteiger charge is 2.28. The first kappa shape index (κ1) is 16.2. The van der Waals surface area contributed by atoms with Gasteiger partial charge in [0.25, 0.3) is 5.91 Å². The molecule has 2 atom stereocenters. The molecule has 128 valence electrons. The van der Waals surface area contributed by atoms with Gasteiger partial charge in [-0.1, -0.05) is 12.1 Å². The van der Waals surface area contributed by atoms with Crippen molar-refractivity contribution in [3.8, 4) is 0 Å². The van der Waals surface area contributed by atoms with Crippen LogP contribution < -0.4 is 16.0 Å². The van der Waals surface area contributed by atoms with E-state index in [-0.39, 0.29) is 17.6 Å². The molecule has 0 aromatic carbocycles. The topological polar surface area (TPSA) is 114 Å². The van der Waals surface area contributed by atoms with Gasteiger partial charge in [-0.15, -0.1) is 0 Å². The summed E-state index contributed by atoms with van der Waals surface area (Å²) in [6.45, 7) is 5.54. The van der Waals surface area contributed by atoms with Crippen LogP contribution in [0.5, 0.6) is 0 Å². The summed E-state index contributed by atoms with van der Waals surface area (Å²) < 4.78 is 6.47. The smallest absolute Gasteiger partial charge is 0.278 e. The zero-order valence-electron chi connectivity index (χ0n) is 13.8. The van der Waals surface area contributed by atoms with Crippen LogP contribution in [0.3, 0.4) is 0 Å². The summed E-state index contributed by atoms with van der Waals surface area (Å²) in [5.41, 5.74) is 0.904.